The third-order valence-corrected chi connectivity index (χ3v) is 5.21. The van der Waals surface area contributed by atoms with Gasteiger partial charge in [0, 0.05) is 30.9 Å². The molecule has 0 unspecified atom stereocenters. The van der Waals surface area contributed by atoms with Crippen molar-refractivity contribution in [3.05, 3.63) is 96.1 Å². The molecular weight excluding hydrogens is 322 g/mol. The summed E-state index contributed by atoms with van der Waals surface area (Å²) in [5, 5.41) is 0. The van der Waals surface area contributed by atoms with Crippen LogP contribution in [0.5, 0.6) is 0 Å². The van der Waals surface area contributed by atoms with Crippen LogP contribution >= 0.6 is 0 Å². The smallest absolute Gasteiger partial charge is 0.274 e. The molecule has 0 N–H and O–H groups in total. The lowest BCUT2D eigenvalue weighted by atomic mass is 9.69. The lowest BCUT2D eigenvalue weighted by molar-refractivity contribution is 0.0660. The van der Waals surface area contributed by atoms with E-state index in [1.807, 2.05) is 17.0 Å². The largest absolute Gasteiger partial charge is 0.336 e. The molecule has 2 heterocycles. The minimum absolute atomic E-state index is 0.0472. The number of hydrogen-bond donors (Lipinski definition) is 0. The predicted octanol–water partition coefficient (Wildman–Crippen LogP) is 3.70. The van der Waals surface area contributed by atoms with Gasteiger partial charge in [0.15, 0.2) is 0 Å². The average Bonchev–Trinajstić information content (AvgIpc) is 2.75. The molecule has 4 rings (SSSR count). The monoisotopic (exact) mass is 343 g/mol. The van der Waals surface area contributed by atoms with Crippen LogP contribution in [0.2, 0.25) is 0 Å². The van der Waals surface area contributed by atoms with Gasteiger partial charge in [0.2, 0.25) is 0 Å². The van der Waals surface area contributed by atoms with E-state index in [-0.39, 0.29) is 11.3 Å². The number of hydrogen-bond acceptors (Lipinski definition) is 3. The van der Waals surface area contributed by atoms with Crippen molar-refractivity contribution in [3.8, 4) is 0 Å². The summed E-state index contributed by atoms with van der Waals surface area (Å²) in [6.07, 6.45) is 6.68. The predicted molar refractivity (Wildman–Crippen MR) is 101 cm³/mol. The number of piperidine rings is 1. The lowest BCUT2D eigenvalue weighted by Crippen LogP contribution is -2.49. The highest BCUT2D eigenvalue weighted by molar-refractivity contribution is 5.92. The molecule has 4 nitrogen and oxygen atoms in total. The third-order valence-electron chi connectivity index (χ3n) is 5.21. The van der Waals surface area contributed by atoms with E-state index in [2.05, 4.69) is 58.5 Å². The van der Waals surface area contributed by atoms with E-state index in [1.54, 1.807) is 18.6 Å². The molecule has 1 aromatic heterocycles. The van der Waals surface area contributed by atoms with Crippen molar-refractivity contribution in [2.45, 2.75) is 18.3 Å². The van der Waals surface area contributed by atoms with E-state index in [4.69, 9.17) is 0 Å². The highest BCUT2D eigenvalue weighted by atomic mass is 16.2. The van der Waals surface area contributed by atoms with E-state index in [1.165, 1.54) is 11.1 Å². The van der Waals surface area contributed by atoms with Crippen molar-refractivity contribution < 1.29 is 4.79 Å². The maximum atomic E-state index is 13.0. The van der Waals surface area contributed by atoms with Crippen LogP contribution in [0.25, 0.3) is 0 Å². The quantitative estimate of drug-likeness (QED) is 0.728. The maximum Gasteiger partial charge on any atom is 0.274 e. The second kappa shape index (κ2) is 7.08. The van der Waals surface area contributed by atoms with Crippen molar-refractivity contribution in [1.29, 1.82) is 0 Å². The van der Waals surface area contributed by atoms with Crippen LogP contribution in [0.4, 0.5) is 0 Å². The number of benzene rings is 2. The molecule has 1 saturated heterocycles. The van der Waals surface area contributed by atoms with Crippen LogP contribution in [0.3, 0.4) is 0 Å². The van der Waals surface area contributed by atoms with Gasteiger partial charge < -0.3 is 4.90 Å². The molecule has 130 valence electrons. The van der Waals surface area contributed by atoms with Gasteiger partial charge in [-0.05, 0) is 24.0 Å². The summed E-state index contributed by atoms with van der Waals surface area (Å²) in [7, 11) is 0. The van der Waals surface area contributed by atoms with Gasteiger partial charge in [-0.1, -0.05) is 60.7 Å². The fourth-order valence-electron chi connectivity index (χ4n) is 3.95. The normalized spacial score (nSPS) is 16.2. The summed E-state index contributed by atoms with van der Waals surface area (Å²) < 4.78 is 0. The van der Waals surface area contributed by atoms with Gasteiger partial charge in [0.1, 0.15) is 5.69 Å². The van der Waals surface area contributed by atoms with E-state index in [0.29, 0.717) is 12.2 Å². The first-order chi connectivity index (χ1) is 12.8. The fraction of sp³-hybridized carbons (Fsp3) is 0.227. The summed E-state index contributed by atoms with van der Waals surface area (Å²) in [6, 6.07) is 21.0. The Morgan fingerprint density at radius 3 is 2.15 bits per heavy atom. The second-order valence-electron chi connectivity index (χ2n) is 6.74. The van der Waals surface area contributed by atoms with Gasteiger partial charge in [-0.15, -0.1) is 0 Å². The Kier molecular flexibility index (Phi) is 4.48. The Hall–Kier alpha value is -3.01. The van der Waals surface area contributed by atoms with Crippen LogP contribution < -0.4 is 0 Å². The van der Waals surface area contributed by atoms with Crippen LogP contribution in [0.1, 0.15) is 34.5 Å². The summed E-state index contributed by atoms with van der Waals surface area (Å²) >= 11 is 0. The van der Waals surface area contributed by atoms with Gasteiger partial charge in [0.05, 0.1) is 6.20 Å². The molecule has 0 atom stereocenters. The van der Waals surface area contributed by atoms with Crippen molar-refractivity contribution >= 4 is 5.91 Å². The van der Waals surface area contributed by atoms with E-state index < -0.39 is 0 Å². The molecule has 0 saturated carbocycles. The van der Waals surface area contributed by atoms with Crippen molar-refractivity contribution in [3.63, 3.8) is 0 Å². The van der Waals surface area contributed by atoms with E-state index >= 15 is 0 Å². The van der Waals surface area contributed by atoms with Gasteiger partial charge >= 0.3 is 0 Å². The highest BCUT2D eigenvalue weighted by Gasteiger charge is 2.40. The molecule has 1 aliphatic rings. The molecule has 0 aliphatic carbocycles. The van der Waals surface area contributed by atoms with Gasteiger partial charge in [0.25, 0.3) is 5.91 Å². The lowest BCUT2D eigenvalue weighted by Gasteiger charge is -2.43. The molecule has 1 fully saturated rings. The fourth-order valence-corrected chi connectivity index (χ4v) is 3.95. The summed E-state index contributed by atoms with van der Waals surface area (Å²) in [5.74, 6) is -0.0472. The molecule has 1 amide bonds. The number of carbonyl (C=O) groups excluding carboxylic acids is 1. The number of rotatable bonds is 3. The number of aromatic nitrogens is 2. The number of likely N-dealkylation sites (tertiary alicyclic amines) is 1. The first kappa shape index (κ1) is 16.5. The number of amides is 1. The van der Waals surface area contributed by atoms with Gasteiger partial charge in [-0.2, -0.15) is 0 Å². The Morgan fingerprint density at radius 1 is 0.923 bits per heavy atom. The zero-order valence-electron chi connectivity index (χ0n) is 14.6. The average molecular weight is 343 g/mol. The molecule has 26 heavy (non-hydrogen) atoms. The SMILES string of the molecule is O=C(c1cnccn1)N1CCCC(c2ccccc2)(c2ccccc2)C1. The summed E-state index contributed by atoms with van der Waals surface area (Å²) in [4.78, 5) is 23.1. The van der Waals surface area contributed by atoms with Crippen LogP contribution in [-0.4, -0.2) is 33.9 Å². The Bertz CT molecular complexity index is 826. The van der Waals surface area contributed by atoms with E-state index in [9.17, 15) is 4.79 Å². The second-order valence-corrected chi connectivity index (χ2v) is 6.74. The standard InChI is InChI=1S/C22H21N3O/c26-21(20-16-23-13-14-24-20)25-15-7-12-22(17-25,18-8-3-1-4-9-18)19-10-5-2-6-11-19/h1-6,8-11,13-14,16H,7,12,15,17H2. The summed E-state index contributed by atoms with van der Waals surface area (Å²) in [5.41, 5.74) is 2.72. The van der Waals surface area contributed by atoms with Crippen molar-refractivity contribution in [2.75, 3.05) is 13.1 Å². The summed E-state index contributed by atoms with van der Waals surface area (Å²) in [6.45, 7) is 1.40. The molecule has 2 aromatic carbocycles. The highest BCUT2D eigenvalue weighted by Crippen LogP contribution is 2.40. The first-order valence-electron chi connectivity index (χ1n) is 8.96. The number of nitrogens with zero attached hydrogens (tertiary/aromatic N) is 3. The zero-order chi connectivity index (χ0) is 17.8. The topological polar surface area (TPSA) is 46.1 Å². The van der Waals surface area contributed by atoms with Crippen LogP contribution in [-0.2, 0) is 5.41 Å². The third kappa shape index (κ3) is 2.99. The van der Waals surface area contributed by atoms with Gasteiger partial charge in [-0.25, -0.2) is 4.98 Å². The van der Waals surface area contributed by atoms with Crippen LogP contribution in [0.15, 0.2) is 79.3 Å². The number of carbonyl (C=O) groups is 1. The molecular formula is C22H21N3O. The molecule has 0 radical (unpaired) electrons. The molecule has 0 bridgehead atoms. The first-order valence-corrected chi connectivity index (χ1v) is 8.96. The van der Waals surface area contributed by atoms with E-state index in [0.717, 1.165) is 19.4 Å². The van der Waals surface area contributed by atoms with Crippen molar-refractivity contribution in [2.24, 2.45) is 0 Å². The Balaban J connectivity index is 1.74. The molecule has 0 spiro atoms. The maximum absolute atomic E-state index is 13.0. The molecule has 3 aromatic rings. The Labute approximate surface area is 153 Å². The van der Waals surface area contributed by atoms with Crippen molar-refractivity contribution in [1.82, 2.24) is 14.9 Å². The minimum atomic E-state index is -0.196. The molecule has 4 heteroatoms. The minimum Gasteiger partial charge on any atom is -0.336 e. The van der Waals surface area contributed by atoms with Gasteiger partial charge in [-0.3, -0.25) is 9.78 Å². The zero-order valence-corrected chi connectivity index (χ0v) is 14.6. The molecule has 1 aliphatic heterocycles. The van der Waals surface area contributed by atoms with Crippen LogP contribution in [0, 0.1) is 0 Å². The Morgan fingerprint density at radius 2 is 1.58 bits per heavy atom.